The number of hydrogen-bond donors (Lipinski definition) is 1. The van der Waals surface area contributed by atoms with E-state index >= 15 is 0 Å². The van der Waals surface area contributed by atoms with Gasteiger partial charge in [-0.15, -0.1) is 0 Å². The number of hydrogen-bond acceptors (Lipinski definition) is 3. The van der Waals surface area contributed by atoms with Gasteiger partial charge in [-0.1, -0.05) is 91.0 Å². The van der Waals surface area contributed by atoms with Gasteiger partial charge in [-0.3, -0.25) is 4.84 Å². The second kappa shape index (κ2) is 7.80. The zero-order valence-corrected chi connectivity index (χ0v) is 15.8. The summed E-state index contributed by atoms with van der Waals surface area (Å²) in [6.07, 6.45) is 1.89. The van der Waals surface area contributed by atoms with Gasteiger partial charge in [0.25, 0.3) is 0 Å². The van der Waals surface area contributed by atoms with Gasteiger partial charge in [-0.25, -0.2) is 10.9 Å². The van der Waals surface area contributed by atoms with Crippen LogP contribution in [0.5, 0.6) is 0 Å². The zero-order chi connectivity index (χ0) is 19.4. The summed E-state index contributed by atoms with van der Waals surface area (Å²) in [6, 6.07) is 31.6. The second-order valence-corrected chi connectivity index (χ2v) is 6.77. The molecule has 0 unspecified atom stereocenters. The summed E-state index contributed by atoms with van der Waals surface area (Å²) >= 11 is 0. The first-order valence-corrected chi connectivity index (χ1v) is 9.30. The van der Waals surface area contributed by atoms with Crippen LogP contribution in [0.25, 0.3) is 0 Å². The van der Waals surface area contributed by atoms with Gasteiger partial charge in [0.05, 0.1) is 12.0 Å². The summed E-state index contributed by atoms with van der Waals surface area (Å²) in [4.78, 5) is 9.48. The van der Waals surface area contributed by atoms with Gasteiger partial charge >= 0.3 is 0 Å². The molecule has 0 aliphatic rings. The average Bonchev–Trinajstić information content (AvgIpc) is 3.12. The molecule has 28 heavy (non-hydrogen) atoms. The van der Waals surface area contributed by atoms with E-state index in [0.29, 0.717) is 0 Å². The highest BCUT2D eigenvalue weighted by atomic mass is 16.6. The van der Waals surface area contributed by atoms with Crippen LogP contribution in [0.1, 0.15) is 28.1 Å². The van der Waals surface area contributed by atoms with Crippen LogP contribution in [0.4, 0.5) is 0 Å². The molecular weight excluding hydrogens is 346 g/mol. The van der Waals surface area contributed by atoms with Crippen molar-refractivity contribution in [1.29, 1.82) is 0 Å². The van der Waals surface area contributed by atoms with E-state index in [0.717, 1.165) is 28.1 Å². The Morgan fingerprint density at radius 1 is 0.786 bits per heavy atom. The van der Waals surface area contributed by atoms with E-state index in [-0.39, 0.29) is 6.61 Å². The molecule has 4 heteroatoms. The Morgan fingerprint density at radius 2 is 1.21 bits per heavy atom. The van der Waals surface area contributed by atoms with Gasteiger partial charge in [-0.2, -0.15) is 0 Å². The molecule has 0 bridgehead atoms. The van der Waals surface area contributed by atoms with E-state index < -0.39 is 5.54 Å². The molecule has 140 valence electrons. The van der Waals surface area contributed by atoms with Crippen molar-refractivity contribution in [1.82, 2.24) is 9.55 Å². The number of nitrogens with zero attached hydrogens (tertiary/aromatic N) is 2. The summed E-state index contributed by atoms with van der Waals surface area (Å²) < 4.78 is 2.22. The molecule has 3 aromatic carbocycles. The molecule has 0 amide bonds. The van der Waals surface area contributed by atoms with E-state index in [1.807, 2.05) is 24.5 Å². The Balaban J connectivity index is 2.11. The van der Waals surface area contributed by atoms with Gasteiger partial charge in [0, 0.05) is 5.69 Å². The fourth-order valence-corrected chi connectivity index (χ4v) is 3.96. The molecule has 0 saturated carbocycles. The van der Waals surface area contributed by atoms with E-state index in [9.17, 15) is 0 Å². The normalized spacial score (nSPS) is 11.5. The largest absolute Gasteiger partial charge is 0.316 e. The van der Waals surface area contributed by atoms with Gasteiger partial charge in [0.1, 0.15) is 12.1 Å². The molecule has 4 nitrogen and oxygen atoms in total. The van der Waals surface area contributed by atoms with Crippen LogP contribution in [0, 0.1) is 6.92 Å². The molecule has 0 atom stereocenters. The van der Waals surface area contributed by atoms with Crippen LogP contribution >= 0.6 is 0 Å². The fourth-order valence-electron chi connectivity index (χ4n) is 3.96. The second-order valence-electron chi connectivity index (χ2n) is 6.77. The zero-order valence-electron chi connectivity index (χ0n) is 15.8. The van der Waals surface area contributed by atoms with Crippen molar-refractivity contribution < 1.29 is 4.84 Å². The first kappa shape index (κ1) is 18.2. The summed E-state index contributed by atoms with van der Waals surface area (Å²) in [7, 11) is 0. The van der Waals surface area contributed by atoms with Crippen LogP contribution in [-0.2, 0) is 17.0 Å². The third-order valence-electron chi connectivity index (χ3n) is 5.26. The minimum atomic E-state index is -0.562. The molecule has 1 heterocycles. The van der Waals surface area contributed by atoms with E-state index in [4.69, 9.17) is 10.7 Å². The number of imidazole rings is 1. The third-order valence-corrected chi connectivity index (χ3v) is 5.26. The lowest BCUT2D eigenvalue weighted by Gasteiger charge is -2.38. The first-order chi connectivity index (χ1) is 13.8. The van der Waals surface area contributed by atoms with E-state index in [2.05, 4.69) is 89.3 Å². The van der Waals surface area contributed by atoms with Crippen LogP contribution < -0.4 is 5.90 Å². The monoisotopic (exact) mass is 369 g/mol. The Kier molecular flexibility index (Phi) is 5.06. The molecular formula is C24H23N3O. The Labute approximate surface area is 165 Å². The number of nitrogens with two attached hydrogens (primary N) is 1. The molecule has 4 rings (SSSR count). The molecule has 0 saturated heterocycles. The number of rotatable bonds is 6. The van der Waals surface area contributed by atoms with Crippen LogP contribution in [0.3, 0.4) is 0 Å². The van der Waals surface area contributed by atoms with E-state index in [1.165, 1.54) is 0 Å². The Morgan fingerprint density at radius 3 is 1.61 bits per heavy atom. The summed E-state index contributed by atoms with van der Waals surface area (Å²) in [6.45, 7) is 2.33. The molecule has 4 aromatic rings. The third kappa shape index (κ3) is 2.93. The molecule has 1 aromatic heterocycles. The average molecular weight is 369 g/mol. The molecule has 0 aliphatic heterocycles. The lowest BCUT2D eigenvalue weighted by atomic mass is 9.76. The van der Waals surface area contributed by atoms with Crippen molar-refractivity contribution >= 4 is 0 Å². The maximum atomic E-state index is 5.33. The van der Waals surface area contributed by atoms with Gasteiger partial charge < -0.3 is 4.57 Å². The van der Waals surface area contributed by atoms with Crippen LogP contribution in [0.2, 0.25) is 0 Å². The smallest absolute Gasteiger partial charge is 0.121 e. The van der Waals surface area contributed by atoms with Crippen molar-refractivity contribution in [2.75, 3.05) is 0 Å². The number of benzene rings is 3. The fraction of sp³-hybridized carbons (Fsp3) is 0.125. The summed E-state index contributed by atoms with van der Waals surface area (Å²) in [5.41, 5.74) is 4.76. The standard InChI is InChI=1S/C24H23N3O/c1-19-23(17-28-25)26-18-27(19)24(20-11-5-2-6-12-20,21-13-7-3-8-14-21)22-15-9-4-10-16-22/h2-16,18H,17,25H2,1H3. The van der Waals surface area contributed by atoms with Crippen molar-refractivity contribution in [2.45, 2.75) is 19.1 Å². The predicted octanol–water partition coefficient (Wildman–Crippen LogP) is 4.42. The lowest BCUT2D eigenvalue weighted by Crippen LogP contribution is -2.38. The highest BCUT2D eigenvalue weighted by molar-refractivity contribution is 5.51. The Hall–Kier alpha value is -3.21. The van der Waals surface area contributed by atoms with Gasteiger partial charge in [0.2, 0.25) is 0 Å². The molecule has 2 N–H and O–H groups in total. The predicted molar refractivity (Wildman–Crippen MR) is 111 cm³/mol. The minimum absolute atomic E-state index is 0.271. The molecule has 0 spiro atoms. The molecule has 0 fully saturated rings. The minimum Gasteiger partial charge on any atom is -0.316 e. The molecule has 0 aliphatic carbocycles. The lowest BCUT2D eigenvalue weighted by molar-refractivity contribution is 0.121. The van der Waals surface area contributed by atoms with Gasteiger partial charge in [0.15, 0.2) is 0 Å². The maximum Gasteiger partial charge on any atom is 0.121 e. The SMILES string of the molecule is Cc1c(CON)ncn1C(c1ccccc1)(c1ccccc1)c1ccccc1. The highest BCUT2D eigenvalue weighted by Crippen LogP contribution is 2.41. The topological polar surface area (TPSA) is 53.1 Å². The summed E-state index contributed by atoms with van der Waals surface area (Å²) in [5.74, 6) is 5.33. The van der Waals surface area contributed by atoms with Crippen molar-refractivity contribution in [3.8, 4) is 0 Å². The van der Waals surface area contributed by atoms with Crippen molar-refractivity contribution in [3.05, 3.63) is 125 Å². The van der Waals surface area contributed by atoms with Gasteiger partial charge in [-0.05, 0) is 23.6 Å². The maximum absolute atomic E-state index is 5.33. The Bertz CT molecular complexity index is 931. The first-order valence-electron chi connectivity index (χ1n) is 9.30. The van der Waals surface area contributed by atoms with Crippen LogP contribution in [0.15, 0.2) is 97.3 Å². The van der Waals surface area contributed by atoms with Crippen molar-refractivity contribution in [3.63, 3.8) is 0 Å². The number of aromatic nitrogens is 2. The van der Waals surface area contributed by atoms with E-state index in [1.54, 1.807) is 0 Å². The van der Waals surface area contributed by atoms with Crippen molar-refractivity contribution in [2.24, 2.45) is 5.90 Å². The summed E-state index contributed by atoms with van der Waals surface area (Å²) in [5, 5.41) is 0. The molecule has 0 radical (unpaired) electrons. The highest BCUT2D eigenvalue weighted by Gasteiger charge is 2.39. The van der Waals surface area contributed by atoms with Crippen LogP contribution in [-0.4, -0.2) is 9.55 Å². The quantitative estimate of drug-likeness (QED) is 0.404.